The number of nitrogens with one attached hydrogen (secondary N) is 2. The van der Waals surface area contributed by atoms with Gasteiger partial charge in [-0.3, -0.25) is 5.10 Å². The van der Waals surface area contributed by atoms with Crippen molar-refractivity contribution in [2.24, 2.45) is 0 Å². The number of aromatic amines is 1. The van der Waals surface area contributed by atoms with E-state index in [4.69, 9.17) is 4.74 Å². The first-order valence-electron chi connectivity index (χ1n) is 7.20. The highest BCUT2D eigenvalue weighted by molar-refractivity contribution is 7.89. The number of aromatic nitrogens is 3. The predicted octanol–water partition coefficient (Wildman–Crippen LogP) is 1.23. The van der Waals surface area contributed by atoms with Crippen molar-refractivity contribution in [2.75, 3.05) is 13.2 Å². The smallest absolute Gasteiger partial charge is 0.241 e. The van der Waals surface area contributed by atoms with Crippen LogP contribution in [0.1, 0.15) is 29.6 Å². The minimum absolute atomic E-state index is 0.0428. The van der Waals surface area contributed by atoms with Gasteiger partial charge in [-0.15, -0.1) is 0 Å². The van der Waals surface area contributed by atoms with E-state index in [9.17, 15) is 12.8 Å². The van der Waals surface area contributed by atoms with Crippen LogP contribution in [0.3, 0.4) is 0 Å². The lowest BCUT2D eigenvalue weighted by molar-refractivity contribution is 0.193. The highest BCUT2D eigenvalue weighted by Gasteiger charge is 2.23. The maximum absolute atomic E-state index is 13.3. The second-order valence-electron chi connectivity index (χ2n) is 5.44. The van der Waals surface area contributed by atoms with Crippen LogP contribution in [0, 0.1) is 12.7 Å². The number of rotatable bonds is 5. The summed E-state index contributed by atoms with van der Waals surface area (Å²) in [6.07, 6.45) is 0.853. The molecular formula is C14H17FN4O3S. The predicted molar refractivity (Wildman–Crippen MR) is 79.7 cm³/mol. The van der Waals surface area contributed by atoms with Gasteiger partial charge in [0.05, 0.1) is 18.0 Å². The van der Waals surface area contributed by atoms with Crippen LogP contribution in [-0.2, 0) is 21.3 Å². The number of H-pyrrole nitrogens is 1. The molecule has 2 N–H and O–H groups in total. The topological polar surface area (TPSA) is 97.0 Å². The number of nitrogens with zero attached hydrogens (tertiary/aromatic N) is 2. The van der Waals surface area contributed by atoms with Crippen LogP contribution >= 0.6 is 0 Å². The van der Waals surface area contributed by atoms with Gasteiger partial charge < -0.3 is 4.74 Å². The van der Waals surface area contributed by atoms with Gasteiger partial charge in [0.25, 0.3) is 0 Å². The largest absolute Gasteiger partial charge is 0.381 e. The first-order valence-corrected chi connectivity index (χ1v) is 8.69. The molecule has 1 aliphatic heterocycles. The van der Waals surface area contributed by atoms with Gasteiger partial charge >= 0.3 is 0 Å². The van der Waals surface area contributed by atoms with Crippen molar-refractivity contribution < 1.29 is 17.5 Å². The van der Waals surface area contributed by atoms with Gasteiger partial charge in [0.1, 0.15) is 11.6 Å². The number of aryl methyl sites for hydroxylation is 1. The van der Waals surface area contributed by atoms with E-state index in [0.29, 0.717) is 30.4 Å². The quantitative estimate of drug-likeness (QED) is 0.853. The maximum atomic E-state index is 13.3. The van der Waals surface area contributed by atoms with E-state index in [1.54, 1.807) is 6.92 Å². The van der Waals surface area contributed by atoms with Crippen molar-refractivity contribution in [2.45, 2.75) is 30.7 Å². The fraction of sp³-hybridized carbons (Fsp3) is 0.429. The number of ether oxygens (including phenoxy) is 1. The molecule has 1 atom stereocenters. The minimum Gasteiger partial charge on any atom is -0.381 e. The zero-order valence-corrected chi connectivity index (χ0v) is 13.4. The maximum Gasteiger partial charge on any atom is 0.241 e. The van der Waals surface area contributed by atoms with Crippen LogP contribution in [0.4, 0.5) is 4.39 Å². The molecule has 0 aliphatic carbocycles. The third kappa shape index (κ3) is 3.57. The lowest BCUT2D eigenvalue weighted by Crippen LogP contribution is -2.24. The highest BCUT2D eigenvalue weighted by atomic mass is 32.2. The molecule has 1 aliphatic rings. The van der Waals surface area contributed by atoms with Crippen LogP contribution < -0.4 is 4.72 Å². The summed E-state index contributed by atoms with van der Waals surface area (Å²) in [7, 11) is -3.82. The SMILES string of the molecule is Cc1ccc(F)cc1S(=O)(=O)NCc1nc(C2CCOC2)n[nH]1. The molecule has 7 nitrogen and oxygen atoms in total. The van der Waals surface area contributed by atoms with Crippen molar-refractivity contribution >= 4 is 10.0 Å². The first kappa shape index (κ1) is 16.0. The van der Waals surface area contributed by atoms with Crippen molar-refractivity contribution in [1.29, 1.82) is 0 Å². The Kier molecular flexibility index (Phi) is 4.42. The van der Waals surface area contributed by atoms with Crippen molar-refractivity contribution in [1.82, 2.24) is 19.9 Å². The number of hydrogen-bond acceptors (Lipinski definition) is 5. The van der Waals surface area contributed by atoms with Gasteiger partial charge in [-0.1, -0.05) is 6.07 Å². The first-order chi connectivity index (χ1) is 11.0. The van der Waals surface area contributed by atoms with Crippen LogP contribution in [0.2, 0.25) is 0 Å². The van der Waals surface area contributed by atoms with Crippen LogP contribution in [0.15, 0.2) is 23.1 Å². The van der Waals surface area contributed by atoms with E-state index >= 15 is 0 Å². The summed E-state index contributed by atoms with van der Waals surface area (Å²) in [5.74, 6) is 0.574. The molecule has 1 unspecified atom stereocenters. The molecule has 1 aromatic heterocycles. The molecule has 0 radical (unpaired) electrons. The Morgan fingerprint density at radius 1 is 1.48 bits per heavy atom. The van der Waals surface area contributed by atoms with Gasteiger partial charge in [0, 0.05) is 12.5 Å². The molecule has 1 saturated heterocycles. The van der Waals surface area contributed by atoms with Crippen LogP contribution in [0.5, 0.6) is 0 Å². The Hall–Kier alpha value is -1.84. The third-order valence-electron chi connectivity index (χ3n) is 3.71. The number of hydrogen-bond donors (Lipinski definition) is 2. The molecule has 23 heavy (non-hydrogen) atoms. The molecule has 1 aromatic carbocycles. The normalized spacial score (nSPS) is 18.4. The zero-order valence-electron chi connectivity index (χ0n) is 12.5. The fourth-order valence-electron chi connectivity index (χ4n) is 2.41. The van der Waals surface area contributed by atoms with Crippen LogP contribution in [0.25, 0.3) is 0 Å². The number of sulfonamides is 1. The summed E-state index contributed by atoms with van der Waals surface area (Å²) in [5, 5.41) is 6.81. The second-order valence-corrected chi connectivity index (χ2v) is 7.17. The molecule has 0 bridgehead atoms. The summed E-state index contributed by atoms with van der Waals surface area (Å²) in [6.45, 7) is 2.82. The Bertz CT molecular complexity index is 800. The van der Waals surface area contributed by atoms with Crippen molar-refractivity contribution in [3.05, 3.63) is 41.2 Å². The summed E-state index contributed by atoms with van der Waals surface area (Å²) >= 11 is 0. The van der Waals surface area contributed by atoms with E-state index in [1.165, 1.54) is 12.1 Å². The second kappa shape index (κ2) is 6.34. The molecule has 0 spiro atoms. The van der Waals surface area contributed by atoms with E-state index in [1.807, 2.05) is 0 Å². The van der Waals surface area contributed by atoms with E-state index < -0.39 is 15.8 Å². The van der Waals surface area contributed by atoms with Gasteiger partial charge in [-0.2, -0.15) is 5.10 Å². The number of halogens is 1. The summed E-state index contributed by atoms with van der Waals surface area (Å²) in [6, 6.07) is 3.65. The monoisotopic (exact) mass is 340 g/mol. The summed E-state index contributed by atoms with van der Waals surface area (Å²) in [5.41, 5.74) is 0.472. The van der Waals surface area contributed by atoms with Crippen molar-refractivity contribution in [3.8, 4) is 0 Å². The van der Waals surface area contributed by atoms with E-state index in [2.05, 4.69) is 19.9 Å². The molecule has 124 valence electrons. The Balaban J connectivity index is 1.70. The molecular weight excluding hydrogens is 323 g/mol. The summed E-state index contributed by atoms with van der Waals surface area (Å²) in [4.78, 5) is 4.20. The molecule has 2 aromatic rings. The Morgan fingerprint density at radius 2 is 2.30 bits per heavy atom. The minimum atomic E-state index is -3.82. The van der Waals surface area contributed by atoms with Crippen LogP contribution in [-0.4, -0.2) is 36.8 Å². The molecule has 2 heterocycles. The molecule has 0 saturated carbocycles. The van der Waals surface area contributed by atoms with Gasteiger partial charge in [0.15, 0.2) is 5.82 Å². The standard InChI is InChI=1S/C14H17FN4O3S/c1-9-2-3-11(15)6-12(9)23(20,21)16-7-13-17-14(19-18-13)10-4-5-22-8-10/h2-3,6,10,16H,4-5,7-8H2,1H3,(H,17,18,19). The highest BCUT2D eigenvalue weighted by Crippen LogP contribution is 2.22. The average molecular weight is 340 g/mol. The third-order valence-corrected chi connectivity index (χ3v) is 5.26. The van der Waals surface area contributed by atoms with Gasteiger partial charge in [-0.05, 0) is 31.0 Å². The number of benzene rings is 1. The van der Waals surface area contributed by atoms with E-state index in [-0.39, 0.29) is 17.4 Å². The van der Waals surface area contributed by atoms with Gasteiger partial charge in [-0.25, -0.2) is 22.5 Å². The Morgan fingerprint density at radius 3 is 3.04 bits per heavy atom. The Labute approximate surface area is 133 Å². The average Bonchev–Trinajstić information content (AvgIpc) is 3.18. The molecule has 1 fully saturated rings. The van der Waals surface area contributed by atoms with Crippen molar-refractivity contribution in [3.63, 3.8) is 0 Å². The zero-order chi connectivity index (χ0) is 16.4. The molecule has 9 heteroatoms. The molecule has 3 rings (SSSR count). The lowest BCUT2D eigenvalue weighted by Gasteiger charge is -2.08. The fourth-order valence-corrected chi connectivity index (χ4v) is 3.66. The summed E-state index contributed by atoms with van der Waals surface area (Å²) < 4.78 is 45.5. The van der Waals surface area contributed by atoms with E-state index in [0.717, 1.165) is 12.5 Å². The van der Waals surface area contributed by atoms with Gasteiger partial charge in [0.2, 0.25) is 10.0 Å². The molecule has 0 amide bonds. The lowest BCUT2D eigenvalue weighted by atomic mass is 10.1.